The lowest BCUT2D eigenvalue weighted by Gasteiger charge is -2.32. The van der Waals surface area contributed by atoms with E-state index in [1.807, 2.05) is 6.92 Å². The summed E-state index contributed by atoms with van der Waals surface area (Å²) in [5.41, 5.74) is 6.35. The third-order valence-corrected chi connectivity index (χ3v) is 2.64. The Kier molecular flexibility index (Phi) is 3.53. The minimum atomic E-state index is -0.407. The molecule has 2 rings (SSSR count). The minimum absolute atomic E-state index is 0.0376. The van der Waals surface area contributed by atoms with Crippen LogP contribution in [0, 0.1) is 5.82 Å². The summed E-state index contributed by atoms with van der Waals surface area (Å²) in [7, 11) is 0. The lowest BCUT2D eigenvalue weighted by Crippen LogP contribution is -2.40. The largest absolute Gasteiger partial charge is 0.376 e. The van der Waals surface area contributed by atoms with Crippen molar-refractivity contribution in [3.05, 3.63) is 35.6 Å². The number of benzene rings is 1. The summed E-state index contributed by atoms with van der Waals surface area (Å²) in [6.45, 7) is 2.95. The summed E-state index contributed by atoms with van der Waals surface area (Å²) in [6, 6.07) is 6.32. The highest BCUT2D eigenvalue weighted by Crippen LogP contribution is 2.26. The molecular weight excluding hydrogens is 209 g/mol. The molecule has 0 aromatic heterocycles. The van der Waals surface area contributed by atoms with E-state index in [0.717, 1.165) is 0 Å². The van der Waals surface area contributed by atoms with Gasteiger partial charge in [-0.05, 0) is 13.0 Å². The van der Waals surface area contributed by atoms with Crippen LogP contribution in [-0.2, 0) is 9.47 Å². The second-order valence-corrected chi connectivity index (χ2v) is 4.10. The van der Waals surface area contributed by atoms with E-state index in [0.29, 0.717) is 18.8 Å². The average Bonchev–Trinajstić information content (AvgIpc) is 2.18. The van der Waals surface area contributed by atoms with Gasteiger partial charge in [0.1, 0.15) is 18.0 Å². The van der Waals surface area contributed by atoms with E-state index >= 15 is 0 Å². The summed E-state index contributed by atoms with van der Waals surface area (Å²) < 4.78 is 24.4. The second kappa shape index (κ2) is 4.91. The van der Waals surface area contributed by atoms with Gasteiger partial charge in [0.05, 0.1) is 13.2 Å². The zero-order valence-corrected chi connectivity index (χ0v) is 9.23. The topological polar surface area (TPSA) is 44.5 Å². The summed E-state index contributed by atoms with van der Waals surface area (Å²) in [5.74, 6) is -0.273. The van der Waals surface area contributed by atoms with Crippen LogP contribution in [0.3, 0.4) is 0 Å². The smallest absolute Gasteiger partial charge is 0.129 e. The van der Waals surface area contributed by atoms with E-state index in [1.165, 1.54) is 6.07 Å². The third-order valence-electron chi connectivity index (χ3n) is 2.64. The highest BCUT2D eigenvalue weighted by atomic mass is 19.1. The van der Waals surface area contributed by atoms with E-state index < -0.39 is 6.10 Å². The van der Waals surface area contributed by atoms with Crippen molar-refractivity contribution in [2.45, 2.75) is 25.2 Å². The Hall–Kier alpha value is -0.970. The van der Waals surface area contributed by atoms with Gasteiger partial charge in [-0.1, -0.05) is 18.2 Å². The van der Waals surface area contributed by atoms with Crippen LogP contribution in [0.25, 0.3) is 0 Å². The second-order valence-electron chi connectivity index (χ2n) is 4.10. The summed E-state index contributed by atoms with van der Waals surface area (Å²) in [6.07, 6.45) is -0.370. The molecule has 16 heavy (non-hydrogen) atoms. The predicted molar refractivity (Wildman–Crippen MR) is 58.5 cm³/mol. The van der Waals surface area contributed by atoms with Crippen LogP contribution in [0.2, 0.25) is 0 Å². The maximum Gasteiger partial charge on any atom is 0.129 e. The average molecular weight is 225 g/mol. The van der Waals surface area contributed by atoms with Gasteiger partial charge in [0.2, 0.25) is 0 Å². The number of ether oxygens (including phenoxy) is 2. The number of nitrogens with two attached hydrogens (primary N) is 1. The Bertz CT molecular complexity index is 353. The molecule has 1 heterocycles. The molecule has 1 aliphatic heterocycles. The summed E-state index contributed by atoms with van der Waals surface area (Å²) in [5, 5.41) is 0. The summed E-state index contributed by atoms with van der Waals surface area (Å²) in [4.78, 5) is 0. The van der Waals surface area contributed by atoms with Crippen LogP contribution >= 0.6 is 0 Å². The monoisotopic (exact) mass is 225 g/mol. The van der Waals surface area contributed by atoms with Crippen LogP contribution < -0.4 is 5.73 Å². The van der Waals surface area contributed by atoms with Gasteiger partial charge in [-0.3, -0.25) is 0 Å². The molecule has 1 saturated heterocycles. The highest BCUT2D eigenvalue weighted by molar-refractivity contribution is 5.21. The lowest BCUT2D eigenvalue weighted by molar-refractivity contribution is -0.160. The predicted octanol–water partition coefficient (Wildman–Crippen LogP) is 1.63. The molecule has 0 bridgehead atoms. The van der Waals surface area contributed by atoms with E-state index in [4.69, 9.17) is 15.2 Å². The van der Waals surface area contributed by atoms with Gasteiger partial charge in [-0.2, -0.15) is 0 Å². The molecule has 1 aromatic carbocycles. The molecule has 3 nitrogen and oxygen atoms in total. The third kappa shape index (κ3) is 2.40. The normalized spacial score (nSPS) is 20.2. The molecule has 0 radical (unpaired) electrons. The molecule has 0 amide bonds. The highest BCUT2D eigenvalue weighted by Gasteiger charge is 2.28. The van der Waals surface area contributed by atoms with Crippen LogP contribution in [0.4, 0.5) is 4.39 Å². The molecule has 1 aromatic rings. The minimum Gasteiger partial charge on any atom is -0.376 e. The van der Waals surface area contributed by atoms with Gasteiger partial charge in [0.25, 0.3) is 0 Å². The molecule has 1 fully saturated rings. The molecule has 0 spiro atoms. The van der Waals surface area contributed by atoms with Gasteiger partial charge in [0.15, 0.2) is 0 Å². The van der Waals surface area contributed by atoms with Crippen LogP contribution in [0.15, 0.2) is 24.3 Å². The van der Waals surface area contributed by atoms with Gasteiger partial charge in [0, 0.05) is 11.6 Å². The first-order chi connectivity index (χ1) is 7.68. The van der Waals surface area contributed by atoms with Crippen LogP contribution in [-0.4, -0.2) is 25.4 Å². The SMILES string of the molecule is CC(N)C(OC1COC1)c1ccccc1F. The first-order valence-electron chi connectivity index (χ1n) is 5.41. The van der Waals surface area contributed by atoms with Crippen molar-refractivity contribution in [3.63, 3.8) is 0 Å². The van der Waals surface area contributed by atoms with Crippen LogP contribution in [0.5, 0.6) is 0 Å². The Morgan fingerprint density at radius 1 is 1.44 bits per heavy atom. The standard InChI is InChI=1S/C12H16FNO2/c1-8(14)12(16-9-6-15-7-9)10-4-2-3-5-11(10)13/h2-5,8-9,12H,6-7,14H2,1H3. The fourth-order valence-corrected chi connectivity index (χ4v) is 1.69. The van der Waals surface area contributed by atoms with Crippen LogP contribution in [0.1, 0.15) is 18.6 Å². The van der Waals surface area contributed by atoms with Crippen molar-refractivity contribution in [2.75, 3.05) is 13.2 Å². The molecule has 88 valence electrons. The Labute approximate surface area is 94.3 Å². The van der Waals surface area contributed by atoms with E-state index in [2.05, 4.69) is 0 Å². The Morgan fingerprint density at radius 2 is 2.12 bits per heavy atom. The maximum absolute atomic E-state index is 13.6. The number of rotatable bonds is 4. The quantitative estimate of drug-likeness (QED) is 0.847. The Balaban J connectivity index is 2.14. The van der Waals surface area contributed by atoms with E-state index in [9.17, 15) is 4.39 Å². The lowest BCUT2D eigenvalue weighted by atomic mass is 10.0. The first-order valence-corrected chi connectivity index (χ1v) is 5.41. The van der Waals surface area contributed by atoms with Crippen molar-refractivity contribution < 1.29 is 13.9 Å². The van der Waals surface area contributed by atoms with Crippen molar-refractivity contribution >= 4 is 0 Å². The molecular formula is C12H16FNO2. The molecule has 2 N–H and O–H groups in total. The van der Waals surface area contributed by atoms with Crippen molar-refractivity contribution in [2.24, 2.45) is 5.73 Å². The van der Waals surface area contributed by atoms with E-state index in [1.54, 1.807) is 18.2 Å². The molecule has 0 saturated carbocycles. The molecule has 1 aliphatic rings. The van der Waals surface area contributed by atoms with Gasteiger partial charge in [-0.25, -0.2) is 4.39 Å². The van der Waals surface area contributed by atoms with Crippen molar-refractivity contribution in [3.8, 4) is 0 Å². The van der Waals surface area contributed by atoms with Gasteiger partial charge in [-0.15, -0.1) is 0 Å². The molecule has 2 unspecified atom stereocenters. The Morgan fingerprint density at radius 3 is 2.62 bits per heavy atom. The zero-order valence-electron chi connectivity index (χ0n) is 9.23. The molecule has 0 aliphatic carbocycles. The number of hydrogen-bond acceptors (Lipinski definition) is 3. The fraction of sp³-hybridized carbons (Fsp3) is 0.500. The molecule has 2 atom stereocenters. The van der Waals surface area contributed by atoms with Crippen molar-refractivity contribution in [1.82, 2.24) is 0 Å². The number of hydrogen-bond donors (Lipinski definition) is 1. The fourth-order valence-electron chi connectivity index (χ4n) is 1.69. The first kappa shape index (κ1) is 11.5. The van der Waals surface area contributed by atoms with Gasteiger partial charge >= 0.3 is 0 Å². The van der Waals surface area contributed by atoms with Crippen molar-refractivity contribution in [1.29, 1.82) is 0 Å². The molecule has 4 heteroatoms. The van der Waals surface area contributed by atoms with E-state index in [-0.39, 0.29) is 18.0 Å². The van der Waals surface area contributed by atoms with Gasteiger partial charge < -0.3 is 15.2 Å². The number of halogens is 1. The summed E-state index contributed by atoms with van der Waals surface area (Å²) >= 11 is 0. The maximum atomic E-state index is 13.6. The zero-order chi connectivity index (χ0) is 11.5.